The maximum atomic E-state index is 9.76. The molecule has 0 aliphatic heterocycles. The van der Waals surface area contributed by atoms with Crippen LogP contribution < -0.4 is 0 Å². The summed E-state index contributed by atoms with van der Waals surface area (Å²) in [6, 6.07) is 0. The standard InChI is InChI=1S/C9H12O/c1-2-3-4-5-6-7-8-9-10/h3-9H,2H2,1H3/b4-3-,6-5-,8-7-. The molecule has 1 nitrogen and oxygen atoms in total. The summed E-state index contributed by atoms with van der Waals surface area (Å²) >= 11 is 0. The molecule has 0 radical (unpaired) electrons. The van der Waals surface area contributed by atoms with Gasteiger partial charge in [-0.15, -0.1) is 0 Å². The maximum Gasteiger partial charge on any atom is 0.142 e. The summed E-state index contributed by atoms with van der Waals surface area (Å²) in [5, 5.41) is 0. The lowest BCUT2D eigenvalue weighted by atomic mass is 10.4. The highest BCUT2D eigenvalue weighted by molar-refractivity contribution is 5.65. The second kappa shape index (κ2) is 7.89. The molecule has 10 heavy (non-hydrogen) atoms. The summed E-state index contributed by atoms with van der Waals surface area (Å²) in [6.45, 7) is 2.08. The minimum Gasteiger partial charge on any atom is -0.299 e. The molecule has 0 heterocycles. The summed E-state index contributed by atoms with van der Waals surface area (Å²) in [5.74, 6) is 0. The van der Waals surface area contributed by atoms with Gasteiger partial charge in [0.2, 0.25) is 0 Å². The third kappa shape index (κ3) is 6.89. The van der Waals surface area contributed by atoms with Crippen LogP contribution in [0.25, 0.3) is 0 Å². The molecule has 0 rings (SSSR count). The van der Waals surface area contributed by atoms with Crippen molar-refractivity contribution < 1.29 is 4.79 Å². The van der Waals surface area contributed by atoms with Crippen molar-refractivity contribution in [1.82, 2.24) is 0 Å². The molecule has 0 aromatic carbocycles. The minimum atomic E-state index is 0.758. The van der Waals surface area contributed by atoms with Crippen LogP contribution in [0.5, 0.6) is 0 Å². The Balaban J connectivity index is 3.46. The molecule has 0 bridgehead atoms. The van der Waals surface area contributed by atoms with Gasteiger partial charge in [0.1, 0.15) is 6.29 Å². The highest BCUT2D eigenvalue weighted by atomic mass is 16.1. The molecule has 0 aliphatic rings. The first-order valence-electron chi connectivity index (χ1n) is 3.35. The van der Waals surface area contributed by atoms with E-state index in [0.29, 0.717) is 0 Å². The second-order valence-corrected chi connectivity index (χ2v) is 1.74. The lowest BCUT2D eigenvalue weighted by molar-refractivity contribution is -0.104. The fourth-order valence-corrected chi connectivity index (χ4v) is 0.452. The van der Waals surface area contributed by atoms with Gasteiger partial charge in [0, 0.05) is 0 Å². The summed E-state index contributed by atoms with van der Waals surface area (Å²) in [4.78, 5) is 9.76. The van der Waals surface area contributed by atoms with Crippen LogP contribution in [0.3, 0.4) is 0 Å². The van der Waals surface area contributed by atoms with Crippen LogP contribution in [-0.2, 0) is 4.79 Å². The molecule has 0 atom stereocenters. The Morgan fingerprint density at radius 1 is 1.00 bits per heavy atom. The lowest BCUT2D eigenvalue weighted by Gasteiger charge is -1.72. The van der Waals surface area contributed by atoms with Crippen molar-refractivity contribution >= 4 is 6.29 Å². The number of hydrogen-bond donors (Lipinski definition) is 0. The van der Waals surface area contributed by atoms with Crippen molar-refractivity contribution in [2.24, 2.45) is 0 Å². The van der Waals surface area contributed by atoms with Crippen molar-refractivity contribution in [2.75, 3.05) is 0 Å². The first kappa shape index (κ1) is 8.89. The Bertz CT molecular complexity index is 152. The molecule has 0 unspecified atom stereocenters. The van der Waals surface area contributed by atoms with E-state index in [2.05, 4.69) is 6.92 Å². The first-order valence-corrected chi connectivity index (χ1v) is 3.35. The monoisotopic (exact) mass is 136 g/mol. The van der Waals surface area contributed by atoms with Gasteiger partial charge in [0.25, 0.3) is 0 Å². The summed E-state index contributed by atoms with van der Waals surface area (Å²) in [6.07, 6.45) is 12.7. The molecular weight excluding hydrogens is 124 g/mol. The maximum absolute atomic E-state index is 9.76. The Hall–Kier alpha value is -1.11. The minimum absolute atomic E-state index is 0.758. The van der Waals surface area contributed by atoms with Crippen LogP contribution in [-0.4, -0.2) is 6.29 Å². The number of aldehydes is 1. The van der Waals surface area contributed by atoms with Crippen LogP contribution >= 0.6 is 0 Å². The van der Waals surface area contributed by atoms with E-state index in [1.807, 2.05) is 24.3 Å². The Morgan fingerprint density at radius 2 is 1.60 bits per heavy atom. The van der Waals surface area contributed by atoms with Crippen LogP contribution in [0.15, 0.2) is 36.5 Å². The van der Waals surface area contributed by atoms with Gasteiger partial charge in [-0.05, 0) is 12.5 Å². The highest BCUT2D eigenvalue weighted by Crippen LogP contribution is 1.81. The van der Waals surface area contributed by atoms with E-state index in [1.54, 1.807) is 6.08 Å². The van der Waals surface area contributed by atoms with Crippen LogP contribution in [0.4, 0.5) is 0 Å². The van der Waals surface area contributed by atoms with Gasteiger partial charge in [-0.25, -0.2) is 0 Å². The predicted molar refractivity (Wildman–Crippen MR) is 43.8 cm³/mol. The molecule has 0 spiro atoms. The summed E-state index contributed by atoms with van der Waals surface area (Å²) in [7, 11) is 0. The average molecular weight is 136 g/mol. The first-order chi connectivity index (χ1) is 4.91. The third-order valence-electron chi connectivity index (χ3n) is 0.895. The molecule has 0 aliphatic carbocycles. The topological polar surface area (TPSA) is 17.1 Å². The number of carbonyl (C=O) groups excluding carboxylic acids is 1. The van der Waals surface area contributed by atoms with E-state index >= 15 is 0 Å². The van der Waals surface area contributed by atoms with Crippen molar-refractivity contribution in [3.05, 3.63) is 36.5 Å². The molecule has 0 saturated carbocycles. The normalized spacial score (nSPS) is 12.1. The van der Waals surface area contributed by atoms with E-state index in [4.69, 9.17) is 0 Å². The molecule has 0 amide bonds. The van der Waals surface area contributed by atoms with Gasteiger partial charge < -0.3 is 0 Å². The fourth-order valence-electron chi connectivity index (χ4n) is 0.452. The molecule has 1 heteroatoms. The largest absolute Gasteiger partial charge is 0.299 e. The van der Waals surface area contributed by atoms with Gasteiger partial charge in [-0.1, -0.05) is 37.3 Å². The zero-order valence-corrected chi connectivity index (χ0v) is 6.16. The fraction of sp³-hybridized carbons (Fsp3) is 0.222. The van der Waals surface area contributed by atoms with Crippen LogP contribution in [0.2, 0.25) is 0 Å². The van der Waals surface area contributed by atoms with E-state index in [0.717, 1.165) is 12.7 Å². The molecule has 0 aromatic rings. The van der Waals surface area contributed by atoms with E-state index in [9.17, 15) is 4.79 Å². The molecule has 0 N–H and O–H groups in total. The van der Waals surface area contributed by atoms with Crippen molar-refractivity contribution in [3.8, 4) is 0 Å². The van der Waals surface area contributed by atoms with Gasteiger partial charge in [0.15, 0.2) is 0 Å². The van der Waals surface area contributed by atoms with E-state index < -0.39 is 0 Å². The highest BCUT2D eigenvalue weighted by Gasteiger charge is 1.62. The van der Waals surface area contributed by atoms with Crippen molar-refractivity contribution in [3.63, 3.8) is 0 Å². The van der Waals surface area contributed by atoms with Crippen molar-refractivity contribution in [2.45, 2.75) is 13.3 Å². The quantitative estimate of drug-likeness (QED) is 0.329. The second-order valence-electron chi connectivity index (χ2n) is 1.74. The lowest BCUT2D eigenvalue weighted by Crippen LogP contribution is -1.56. The Kier molecular flexibility index (Phi) is 7.01. The number of allylic oxidation sites excluding steroid dienone is 6. The molecule has 0 aromatic heterocycles. The van der Waals surface area contributed by atoms with E-state index in [1.165, 1.54) is 6.08 Å². The Morgan fingerprint density at radius 3 is 2.20 bits per heavy atom. The molecule has 54 valence electrons. The number of carbonyl (C=O) groups is 1. The Labute approximate surface area is 61.8 Å². The van der Waals surface area contributed by atoms with Gasteiger partial charge in [-0.3, -0.25) is 4.79 Å². The number of rotatable bonds is 4. The van der Waals surface area contributed by atoms with Crippen LogP contribution in [0, 0.1) is 0 Å². The van der Waals surface area contributed by atoms with E-state index in [-0.39, 0.29) is 0 Å². The zero-order valence-electron chi connectivity index (χ0n) is 6.16. The average Bonchev–Trinajstić information content (AvgIpc) is 1.97. The van der Waals surface area contributed by atoms with Crippen LogP contribution in [0.1, 0.15) is 13.3 Å². The molecule has 0 saturated heterocycles. The van der Waals surface area contributed by atoms with Gasteiger partial charge in [0.05, 0.1) is 0 Å². The molecule has 0 fully saturated rings. The van der Waals surface area contributed by atoms with Gasteiger partial charge >= 0.3 is 0 Å². The summed E-state index contributed by atoms with van der Waals surface area (Å²) in [5.41, 5.74) is 0. The SMILES string of the molecule is CC\C=C/C=C\C=C/C=O. The predicted octanol–water partition coefficient (Wildman–Crippen LogP) is 2.26. The van der Waals surface area contributed by atoms with Gasteiger partial charge in [-0.2, -0.15) is 0 Å². The number of hydrogen-bond acceptors (Lipinski definition) is 1. The summed E-state index contributed by atoms with van der Waals surface area (Å²) < 4.78 is 0. The zero-order chi connectivity index (χ0) is 7.66. The third-order valence-corrected chi connectivity index (χ3v) is 0.895. The molecular formula is C9H12O. The smallest absolute Gasteiger partial charge is 0.142 e. The van der Waals surface area contributed by atoms with Crippen molar-refractivity contribution in [1.29, 1.82) is 0 Å².